The molecular weight excluding hydrogens is 270 g/mol. The van der Waals surface area contributed by atoms with Crippen LogP contribution < -0.4 is 0 Å². The van der Waals surface area contributed by atoms with Gasteiger partial charge in [-0.25, -0.2) is 0 Å². The molecule has 0 saturated carbocycles. The Kier molecular flexibility index (Phi) is 16.4. The van der Waals surface area contributed by atoms with Crippen molar-refractivity contribution in [3.05, 3.63) is 6.92 Å². The molecule has 2 heteroatoms. The maximum Gasteiger partial charge on any atom is 0.223 e. The van der Waals surface area contributed by atoms with E-state index in [1.165, 1.54) is 77.0 Å². The minimum atomic E-state index is 0.0111. The Morgan fingerprint density at radius 2 is 0.955 bits per heavy atom. The maximum atomic E-state index is 11.6. The molecule has 0 heterocycles. The van der Waals surface area contributed by atoms with Crippen LogP contribution in [0.15, 0.2) is 0 Å². The van der Waals surface area contributed by atoms with Crippen molar-refractivity contribution in [1.82, 2.24) is 4.90 Å². The van der Waals surface area contributed by atoms with Gasteiger partial charge in [0, 0.05) is 20.0 Å². The predicted molar refractivity (Wildman–Crippen MR) is 97.9 cm³/mol. The molecule has 1 amide bonds. The summed E-state index contributed by atoms with van der Waals surface area (Å²) in [6.07, 6.45) is 18.2. The summed E-state index contributed by atoms with van der Waals surface area (Å²) < 4.78 is 0. The Morgan fingerprint density at radius 1 is 0.636 bits per heavy atom. The molecule has 0 bridgehead atoms. The van der Waals surface area contributed by atoms with E-state index in [0.717, 1.165) is 25.9 Å². The van der Waals surface area contributed by atoms with E-state index in [-0.39, 0.29) is 5.91 Å². The zero-order valence-corrected chi connectivity index (χ0v) is 15.4. The van der Waals surface area contributed by atoms with Gasteiger partial charge in [-0.3, -0.25) is 4.79 Å². The van der Waals surface area contributed by atoms with Crippen molar-refractivity contribution in [3.8, 4) is 0 Å². The number of carbonyl (C=O) groups is 1. The lowest BCUT2D eigenvalue weighted by Crippen LogP contribution is -2.31. The van der Waals surface area contributed by atoms with Gasteiger partial charge < -0.3 is 4.90 Å². The molecule has 0 atom stereocenters. The van der Waals surface area contributed by atoms with Gasteiger partial charge in [-0.1, -0.05) is 90.9 Å². The molecule has 22 heavy (non-hydrogen) atoms. The highest BCUT2D eigenvalue weighted by Gasteiger charge is 2.07. The second kappa shape index (κ2) is 16.8. The van der Waals surface area contributed by atoms with Crippen molar-refractivity contribution in [2.24, 2.45) is 0 Å². The van der Waals surface area contributed by atoms with Crippen LogP contribution in [0.3, 0.4) is 0 Å². The maximum absolute atomic E-state index is 11.6. The number of hydrogen-bond acceptors (Lipinski definition) is 1. The minimum absolute atomic E-state index is 0.0111. The van der Waals surface area contributed by atoms with Gasteiger partial charge in [-0.05, 0) is 12.8 Å². The summed E-state index contributed by atoms with van der Waals surface area (Å²) in [6, 6.07) is 0. The number of rotatable bonds is 16. The summed E-state index contributed by atoms with van der Waals surface area (Å²) in [6.45, 7) is 9.93. The van der Waals surface area contributed by atoms with Crippen LogP contribution in [0.25, 0.3) is 0 Å². The van der Waals surface area contributed by atoms with Gasteiger partial charge in [0.25, 0.3) is 0 Å². The average Bonchev–Trinajstić information content (AvgIpc) is 2.50. The number of unbranched alkanes of at least 4 members (excludes halogenated alkanes) is 12. The zero-order valence-electron chi connectivity index (χ0n) is 15.4. The Hall–Kier alpha value is -0.530. The van der Waals surface area contributed by atoms with Crippen LogP contribution in [0.5, 0.6) is 0 Å². The molecule has 0 saturated heterocycles. The standard InChI is InChI=1S/C20H40NO/c1-4-6-8-10-12-14-16-18-21(20(3)22)19-17-15-13-11-9-7-5-2/h3-19H2,1-2H3. The van der Waals surface area contributed by atoms with Crippen LogP contribution in [0.4, 0.5) is 0 Å². The first kappa shape index (κ1) is 21.5. The topological polar surface area (TPSA) is 20.3 Å². The molecule has 1 radical (unpaired) electrons. The Balaban J connectivity index is 3.51. The van der Waals surface area contributed by atoms with E-state index in [0.29, 0.717) is 0 Å². The molecule has 0 rings (SSSR count). The van der Waals surface area contributed by atoms with Gasteiger partial charge in [0.2, 0.25) is 5.91 Å². The lowest BCUT2D eigenvalue weighted by Gasteiger charge is -2.21. The van der Waals surface area contributed by atoms with Crippen molar-refractivity contribution in [3.63, 3.8) is 0 Å². The molecule has 0 aliphatic rings. The second-order valence-corrected chi connectivity index (χ2v) is 6.62. The molecule has 0 aromatic rings. The molecule has 0 aliphatic carbocycles. The minimum Gasteiger partial charge on any atom is -0.343 e. The van der Waals surface area contributed by atoms with E-state index in [1.54, 1.807) is 0 Å². The van der Waals surface area contributed by atoms with E-state index in [9.17, 15) is 4.79 Å². The first-order valence-corrected chi connectivity index (χ1v) is 9.83. The highest BCUT2D eigenvalue weighted by atomic mass is 16.2. The van der Waals surface area contributed by atoms with Crippen LogP contribution in [-0.4, -0.2) is 23.9 Å². The van der Waals surface area contributed by atoms with E-state index < -0.39 is 0 Å². The molecule has 0 aromatic heterocycles. The van der Waals surface area contributed by atoms with Gasteiger partial charge >= 0.3 is 0 Å². The molecule has 0 aliphatic heterocycles. The fraction of sp³-hybridized carbons (Fsp3) is 0.900. The second-order valence-electron chi connectivity index (χ2n) is 6.62. The van der Waals surface area contributed by atoms with E-state index in [2.05, 4.69) is 20.8 Å². The van der Waals surface area contributed by atoms with Crippen LogP contribution in [0.2, 0.25) is 0 Å². The van der Waals surface area contributed by atoms with E-state index in [1.807, 2.05) is 4.90 Å². The fourth-order valence-electron chi connectivity index (χ4n) is 2.88. The normalized spacial score (nSPS) is 10.9. The van der Waals surface area contributed by atoms with Gasteiger partial charge in [-0.2, -0.15) is 0 Å². The molecule has 0 fully saturated rings. The zero-order chi connectivity index (χ0) is 16.5. The monoisotopic (exact) mass is 310 g/mol. The summed E-state index contributed by atoms with van der Waals surface area (Å²) in [5, 5.41) is 0. The smallest absolute Gasteiger partial charge is 0.223 e. The number of hydrogen-bond donors (Lipinski definition) is 0. The number of nitrogens with zero attached hydrogens (tertiary/aromatic N) is 1. The Labute approximate surface area is 140 Å². The predicted octanol–water partition coefficient (Wildman–Crippen LogP) is 6.15. The summed E-state index contributed by atoms with van der Waals surface area (Å²) in [7, 11) is 0. The molecule has 131 valence electrons. The lowest BCUT2D eigenvalue weighted by atomic mass is 10.1. The van der Waals surface area contributed by atoms with Gasteiger partial charge in [0.15, 0.2) is 0 Å². The molecule has 0 N–H and O–H groups in total. The highest BCUT2D eigenvalue weighted by molar-refractivity contribution is 5.80. The van der Waals surface area contributed by atoms with Gasteiger partial charge in [-0.15, -0.1) is 0 Å². The van der Waals surface area contributed by atoms with Crippen LogP contribution in [0.1, 0.15) is 104 Å². The summed E-state index contributed by atoms with van der Waals surface area (Å²) in [5.74, 6) is 0.0111. The van der Waals surface area contributed by atoms with Crippen LogP contribution in [-0.2, 0) is 4.79 Å². The average molecular weight is 311 g/mol. The third-order valence-electron chi connectivity index (χ3n) is 4.42. The van der Waals surface area contributed by atoms with Crippen molar-refractivity contribution in [2.45, 2.75) is 104 Å². The van der Waals surface area contributed by atoms with Crippen LogP contribution >= 0.6 is 0 Å². The van der Waals surface area contributed by atoms with Crippen molar-refractivity contribution >= 4 is 5.91 Å². The lowest BCUT2D eigenvalue weighted by molar-refractivity contribution is -0.126. The summed E-state index contributed by atoms with van der Waals surface area (Å²) in [4.78, 5) is 13.5. The van der Waals surface area contributed by atoms with Crippen molar-refractivity contribution in [2.75, 3.05) is 13.1 Å². The fourth-order valence-corrected chi connectivity index (χ4v) is 2.88. The number of amides is 1. The highest BCUT2D eigenvalue weighted by Crippen LogP contribution is 2.10. The number of carbonyl (C=O) groups excluding carboxylic acids is 1. The first-order chi connectivity index (χ1) is 10.7. The van der Waals surface area contributed by atoms with E-state index >= 15 is 0 Å². The quantitative estimate of drug-likeness (QED) is 0.313. The van der Waals surface area contributed by atoms with Gasteiger partial charge in [0.05, 0.1) is 0 Å². The largest absolute Gasteiger partial charge is 0.343 e. The van der Waals surface area contributed by atoms with E-state index in [4.69, 9.17) is 0 Å². The summed E-state index contributed by atoms with van der Waals surface area (Å²) >= 11 is 0. The first-order valence-electron chi connectivity index (χ1n) is 9.83. The molecule has 2 nitrogen and oxygen atoms in total. The summed E-state index contributed by atoms with van der Waals surface area (Å²) in [5.41, 5.74) is 0. The third kappa shape index (κ3) is 14.4. The van der Waals surface area contributed by atoms with Crippen molar-refractivity contribution < 1.29 is 4.79 Å². The van der Waals surface area contributed by atoms with Gasteiger partial charge in [0.1, 0.15) is 0 Å². The molecule has 0 unspecified atom stereocenters. The van der Waals surface area contributed by atoms with Crippen LogP contribution in [0, 0.1) is 6.92 Å². The molecule has 0 aromatic carbocycles. The van der Waals surface area contributed by atoms with Crippen molar-refractivity contribution in [1.29, 1.82) is 0 Å². The Bertz CT molecular complexity index is 222. The SMILES string of the molecule is [CH2]C(=O)N(CCCCCCCCC)CCCCCCCCC. The Morgan fingerprint density at radius 3 is 1.27 bits per heavy atom. The molecule has 0 spiro atoms. The third-order valence-corrected chi connectivity index (χ3v) is 4.42. The molecular formula is C20H40NO.